The lowest BCUT2D eigenvalue weighted by molar-refractivity contribution is -0.150. The molecule has 2 heterocycles. The summed E-state index contributed by atoms with van der Waals surface area (Å²) in [6.07, 6.45) is -0.703. The van der Waals surface area contributed by atoms with E-state index in [1.807, 2.05) is 80.7 Å². The van der Waals surface area contributed by atoms with E-state index in [9.17, 15) is 19.5 Å². The molecule has 3 aromatic carbocycles. The predicted molar refractivity (Wildman–Crippen MR) is 175 cm³/mol. The van der Waals surface area contributed by atoms with Gasteiger partial charge in [0.05, 0.1) is 31.4 Å². The number of halogens is 2. The van der Waals surface area contributed by atoms with E-state index in [4.69, 9.17) is 16.3 Å². The maximum Gasteiger partial charge on any atom is 0.264 e. The molecule has 7 nitrogen and oxygen atoms in total. The van der Waals surface area contributed by atoms with Crippen LogP contribution in [-0.4, -0.2) is 54.2 Å². The number of hydrogen-bond acceptors (Lipinski definition) is 5. The van der Waals surface area contributed by atoms with Gasteiger partial charge in [-0.05, 0) is 77.1 Å². The summed E-state index contributed by atoms with van der Waals surface area (Å²) in [6.45, 7) is 6.33. The minimum atomic E-state index is -2.95. The van der Waals surface area contributed by atoms with Gasteiger partial charge in [0, 0.05) is 38.7 Å². The van der Waals surface area contributed by atoms with Crippen LogP contribution in [0.25, 0.3) is 0 Å². The highest BCUT2D eigenvalue weighted by Gasteiger charge is 2.66. The van der Waals surface area contributed by atoms with Gasteiger partial charge in [0.25, 0.3) is 5.91 Å². The average molecular weight is 719 g/mol. The molecule has 1 spiro atoms. The Balaban J connectivity index is 1.50. The lowest BCUT2D eigenvalue weighted by atomic mass is 9.82. The van der Waals surface area contributed by atoms with Crippen molar-refractivity contribution >= 4 is 60.0 Å². The summed E-state index contributed by atoms with van der Waals surface area (Å²) in [5.41, 5.74) is 1.55. The van der Waals surface area contributed by atoms with Crippen molar-refractivity contribution in [1.82, 2.24) is 4.90 Å². The second-order valence-corrected chi connectivity index (χ2v) is 17.4. The smallest absolute Gasteiger partial charge is 0.264 e. The van der Waals surface area contributed by atoms with Crippen LogP contribution < -0.4 is 4.90 Å². The number of fused-ring (bicyclic) bond motifs is 2. The van der Waals surface area contributed by atoms with Gasteiger partial charge in [-0.1, -0.05) is 61.0 Å². The molecule has 4 atom stereocenters. The summed E-state index contributed by atoms with van der Waals surface area (Å²) in [5.74, 6) is -0.813. The van der Waals surface area contributed by atoms with Gasteiger partial charge in [0.1, 0.15) is 0 Å². The zero-order chi connectivity index (χ0) is 30.2. The van der Waals surface area contributed by atoms with Crippen LogP contribution in [0.2, 0.25) is 23.7 Å². The van der Waals surface area contributed by atoms with Crippen molar-refractivity contribution in [3.05, 3.63) is 98.1 Å². The number of benzene rings is 3. The number of hydrogen-bond donors (Lipinski definition) is 2. The molecule has 0 saturated carbocycles. The Labute approximate surface area is 266 Å². The normalized spacial score (nSPS) is 23.5. The first kappa shape index (κ1) is 31.2. The largest absolute Gasteiger partial charge is 0.432 e. The van der Waals surface area contributed by atoms with Crippen LogP contribution in [0.4, 0.5) is 5.69 Å². The molecule has 42 heavy (non-hydrogen) atoms. The quantitative estimate of drug-likeness (QED) is 0.219. The Morgan fingerprint density at radius 3 is 2.43 bits per heavy atom. The van der Waals surface area contributed by atoms with Gasteiger partial charge in [-0.2, -0.15) is 0 Å². The van der Waals surface area contributed by atoms with Gasteiger partial charge in [0.15, 0.2) is 13.9 Å². The Morgan fingerprint density at radius 1 is 1.10 bits per heavy atom. The molecule has 2 aliphatic rings. The van der Waals surface area contributed by atoms with Crippen molar-refractivity contribution in [2.45, 2.75) is 56.8 Å². The number of carbonyl (C=O) groups is 2. The third kappa shape index (κ3) is 5.91. The van der Waals surface area contributed by atoms with Gasteiger partial charge in [0.2, 0.25) is 5.91 Å². The highest BCUT2D eigenvalue weighted by atomic mass is 127. The van der Waals surface area contributed by atoms with Crippen LogP contribution in [0.15, 0.2) is 72.8 Å². The molecule has 2 amide bonds. The minimum absolute atomic E-state index is 0.0130. The molecular weight excluding hydrogens is 683 g/mol. The van der Waals surface area contributed by atoms with Crippen LogP contribution in [0, 0.1) is 9.49 Å². The molecule has 2 aliphatic heterocycles. The monoisotopic (exact) mass is 718 g/mol. The van der Waals surface area contributed by atoms with Crippen molar-refractivity contribution in [2.75, 3.05) is 18.1 Å². The average Bonchev–Trinajstić information content (AvgIpc) is 3.36. The molecule has 1 fully saturated rings. The number of amides is 2. The summed E-state index contributed by atoms with van der Waals surface area (Å²) < 4.78 is 7.91. The predicted octanol–water partition coefficient (Wildman–Crippen LogP) is 5.70. The second kappa shape index (κ2) is 12.4. The first-order valence-corrected chi connectivity index (χ1v) is 18.6. The Kier molecular flexibility index (Phi) is 9.18. The zero-order valence-corrected chi connectivity index (χ0v) is 27.9. The third-order valence-corrected chi connectivity index (χ3v) is 12.0. The number of carbonyl (C=O) groups excluding carboxylic acids is 2. The lowest BCUT2D eigenvalue weighted by Crippen LogP contribution is -2.46. The van der Waals surface area contributed by atoms with Gasteiger partial charge < -0.3 is 24.4 Å². The van der Waals surface area contributed by atoms with Crippen molar-refractivity contribution in [3.63, 3.8) is 0 Å². The number of nitrogens with zero attached hydrogens (tertiary/aromatic N) is 2. The van der Waals surface area contributed by atoms with Gasteiger partial charge in [-0.15, -0.1) is 0 Å². The van der Waals surface area contributed by atoms with Crippen LogP contribution in [0.3, 0.4) is 0 Å². The fourth-order valence-corrected chi connectivity index (χ4v) is 9.78. The number of aliphatic hydroxyl groups excluding tert-OH is 1. The minimum Gasteiger partial charge on any atom is -0.432 e. The van der Waals surface area contributed by atoms with E-state index >= 15 is 0 Å². The molecule has 5 rings (SSSR count). The first-order valence-electron chi connectivity index (χ1n) is 14.1. The number of rotatable bonds is 9. The molecular formula is C32H36ClIN2O5Si. The Bertz CT molecular complexity index is 1450. The van der Waals surface area contributed by atoms with E-state index in [-0.39, 0.29) is 31.4 Å². The SMILES string of the molecule is C[C@@H]1[C@@H]([Si](C)(C)O)[C@H](CC(=O)N(CCO)Cc2ccccc2)O[C@@]12C(=O)N(Cc1ccc(I)cc1)c1ccc(Cl)cc12. The summed E-state index contributed by atoms with van der Waals surface area (Å²) in [6, 6.07) is 23.1. The van der Waals surface area contributed by atoms with Gasteiger partial charge in [-0.3, -0.25) is 9.59 Å². The standard InChI is InChI=1S/C32H36ClIN2O5Si/c1-21-30(42(2,3)40)28(18-29(38)35(15-16-37)19-22-7-5-4-6-8-22)41-32(21)26-17-24(33)11-14-27(26)36(31(32)39)20-23-9-12-25(34)13-10-23/h4-14,17,21,28,30,37,40H,15-16,18-20H2,1-3H3/t21-,28+,30-,32+/m1/s1. The van der Waals surface area contributed by atoms with E-state index < -0.39 is 31.5 Å². The molecule has 2 N–H and O–H groups in total. The molecule has 222 valence electrons. The highest BCUT2D eigenvalue weighted by Crippen LogP contribution is 2.60. The van der Waals surface area contributed by atoms with E-state index in [1.165, 1.54) is 0 Å². The number of aliphatic hydroxyl groups is 1. The van der Waals surface area contributed by atoms with Gasteiger partial charge in [-0.25, -0.2) is 0 Å². The van der Waals surface area contributed by atoms with Crippen LogP contribution >= 0.6 is 34.2 Å². The molecule has 0 aliphatic carbocycles. The van der Waals surface area contributed by atoms with Crippen LogP contribution in [0.5, 0.6) is 0 Å². The lowest BCUT2D eigenvalue weighted by Gasteiger charge is -2.32. The van der Waals surface area contributed by atoms with E-state index in [1.54, 1.807) is 21.9 Å². The van der Waals surface area contributed by atoms with Crippen molar-refractivity contribution < 1.29 is 24.2 Å². The highest BCUT2D eigenvalue weighted by molar-refractivity contribution is 14.1. The molecule has 10 heteroatoms. The molecule has 3 aromatic rings. The van der Waals surface area contributed by atoms with E-state index in [0.29, 0.717) is 23.7 Å². The topological polar surface area (TPSA) is 90.3 Å². The fraction of sp³-hybridized carbons (Fsp3) is 0.375. The van der Waals surface area contributed by atoms with E-state index in [0.717, 1.165) is 20.4 Å². The summed E-state index contributed by atoms with van der Waals surface area (Å²) in [7, 11) is -2.95. The fourth-order valence-electron chi connectivity index (χ4n) is 6.70. The summed E-state index contributed by atoms with van der Waals surface area (Å²) in [4.78, 5) is 43.2. The molecule has 0 aromatic heterocycles. The Hall–Kier alpha value is -2.28. The third-order valence-electron chi connectivity index (χ3n) is 8.51. The zero-order valence-electron chi connectivity index (χ0n) is 24.0. The number of ether oxygens (including phenoxy) is 1. The molecule has 0 unspecified atom stereocenters. The van der Waals surface area contributed by atoms with Gasteiger partial charge >= 0.3 is 0 Å². The second-order valence-electron chi connectivity index (χ2n) is 11.8. The maximum atomic E-state index is 14.5. The molecule has 0 radical (unpaired) electrons. The van der Waals surface area contributed by atoms with E-state index in [2.05, 4.69) is 22.6 Å². The summed E-state index contributed by atoms with van der Waals surface area (Å²) >= 11 is 8.75. The van der Waals surface area contributed by atoms with Crippen molar-refractivity contribution in [2.24, 2.45) is 5.92 Å². The van der Waals surface area contributed by atoms with Crippen molar-refractivity contribution in [1.29, 1.82) is 0 Å². The summed E-state index contributed by atoms with van der Waals surface area (Å²) in [5, 5.41) is 10.2. The van der Waals surface area contributed by atoms with Crippen LogP contribution in [-0.2, 0) is 33.0 Å². The molecule has 1 saturated heterocycles. The van der Waals surface area contributed by atoms with Crippen molar-refractivity contribution in [3.8, 4) is 0 Å². The maximum absolute atomic E-state index is 14.5. The molecule has 0 bridgehead atoms. The number of anilines is 1. The first-order chi connectivity index (χ1) is 20.0. The van der Waals surface area contributed by atoms with Crippen LogP contribution in [0.1, 0.15) is 30.0 Å². The Morgan fingerprint density at radius 2 is 1.79 bits per heavy atom.